The zero-order valence-electron chi connectivity index (χ0n) is 18.1. The molecule has 0 aliphatic rings. The fourth-order valence-corrected chi connectivity index (χ4v) is 3.37. The standard InChI is InChI=1S/C25H32O5/c1-4-6-7-8-16-29-20-12-10-19(11-13-20)25(28)30-21-14-15-22(24(26)27)23(17-21)18(3)9-5-2/h10-15,17-18H,4-9,16H2,1-3H3,(H,26,27). The van der Waals surface area contributed by atoms with E-state index in [-0.39, 0.29) is 11.5 Å². The van der Waals surface area contributed by atoms with E-state index in [1.165, 1.54) is 25.0 Å². The summed E-state index contributed by atoms with van der Waals surface area (Å²) in [6, 6.07) is 11.6. The molecule has 2 aromatic carbocycles. The highest BCUT2D eigenvalue weighted by Gasteiger charge is 2.18. The molecule has 5 nitrogen and oxygen atoms in total. The van der Waals surface area contributed by atoms with Crippen LogP contribution in [0, 0.1) is 0 Å². The Morgan fingerprint density at radius 3 is 2.27 bits per heavy atom. The molecule has 2 rings (SSSR count). The van der Waals surface area contributed by atoms with E-state index in [1.807, 2.05) is 6.92 Å². The first-order valence-corrected chi connectivity index (χ1v) is 10.8. The minimum atomic E-state index is -0.976. The third-order valence-electron chi connectivity index (χ3n) is 5.07. The molecule has 0 aliphatic carbocycles. The summed E-state index contributed by atoms with van der Waals surface area (Å²) in [6.07, 6.45) is 6.37. The lowest BCUT2D eigenvalue weighted by atomic mass is 9.92. The average Bonchev–Trinajstić information content (AvgIpc) is 2.74. The quantitative estimate of drug-likeness (QED) is 0.246. The van der Waals surface area contributed by atoms with E-state index in [0.717, 1.165) is 31.4 Å². The van der Waals surface area contributed by atoms with E-state index in [1.54, 1.807) is 30.3 Å². The molecule has 0 saturated heterocycles. The van der Waals surface area contributed by atoms with E-state index in [9.17, 15) is 14.7 Å². The molecular weight excluding hydrogens is 380 g/mol. The predicted octanol–water partition coefficient (Wildman–Crippen LogP) is 6.47. The number of esters is 1. The largest absolute Gasteiger partial charge is 0.494 e. The molecule has 0 saturated carbocycles. The van der Waals surface area contributed by atoms with Crippen LogP contribution in [0.1, 0.15) is 91.5 Å². The number of carboxylic acids is 1. The monoisotopic (exact) mass is 412 g/mol. The van der Waals surface area contributed by atoms with Crippen molar-refractivity contribution in [1.82, 2.24) is 0 Å². The van der Waals surface area contributed by atoms with Gasteiger partial charge in [-0.2, -0.15) is 0 Å². The highest BCUT2D eigenvalue weighted by Crippen LogP contribution is 2.29. The second-order valence-corrected chi connectivity index (χ2v) is 7.57. The van der Waals surface area contributed by atoms with Crippen molar-refractivity contribution in [3.63, 3.8) is 0 Å². The molecule has 0 aromatic heterocycles. The van der Waals surface area contributed by atoms with Gasteiger partial charge in [0.25, 0.3) is 0 Å². The summed E-state index contributed by atoms with van der Waals surface area (Å²) in [5.41, 5.74) is 1.34. The van der Waals surface area contributed by atoms with Crippen LogP contribution in [0.5, 0.6) is 11.5 Å². The van der Waals surface area contributed by atoms with Crippen molar-refractivity contribution in [1.29, 1.82) is 0 Å². The Balaban J connectivity index is 2.03. The second-order valence-electron chi connectivity index (χ2n) is 7.57. The van der Waals surface area contributed by atoms with Gasteiger partial charge in [-0.25, -0.2) is 9.59 Å². The lowest BCUT2D eigenvalue weighted by Crippen LogP contribution is -2.11. The first kappa shape index (κ1) is 23.5. The Bertz CT molecular complexity index is 826. The molecule has 0 heterocycles. The number of hydrogen-bond acceptors (Lipinski definition) is 4. The Morgan fingerprint density at radius 2 is 1.63 bits per heavy atom. The van der Waals surface area contributed by atoms with Crippen molar-refractivity contribution in [3.8, 4) is 11.5 Å². The topological polar surface area (TPSA) is 72.8 Å². The Labute approximate surface area is 179 Å². The SMILES string of the molecule is CCCCCCOc1ccc(C(=O)Oc2ccc(C(=O)O)c(C(C)CCC)c2)cc1. The number of hydrogen-bond donors (Lipinski definition) is 1. The van der Waals surface area contributed by atoms with E-state index < -0.39 is 11.9 Å². The van der Waals surface area contributed by atoms with Crippen LogP contribution >= 0.6 is 0 Å². The molecule has 5 heteroatoms. The van der Waals surface area contributed by atoms with Crippen molar-refractivity contribution in [2.45, 2.75) is 65.2 Å². The molecule has 0 radical (unpaired) electrons. The molecule has 0 bridgehead atoms. The van der Waals surface area contributed by atoms with Gasteiger partial charge < -0.3 is 14.6 Å². The Kier molecular flexibility index (Phi) is 9.39. The number of rotatable bonds is 12. The molecule has 2 aromatic rings. The van der Waals surface area contributed by atoms with Gasteiger partial charge in [0.15, 0.2) is 0 Å². The van der Waals surface area contributed by atoms with Crippen LogP contribution in [0.3, 0.4) is 0 Å². The van der Waals surface area contributed by atoms with Crippen LogP contribution in [0.4, 0.5) is 0 Å². The van der Waals surface area contributed by atoms with Gasteiger partial charge in [-0.15, -0.1) is 0 Å². The lowest BCUT2D eigenvalue weighted by Gasteiger charge is -2.15. The van der Waals surface area contributed by atoms with Crippen molar-refractivity contribution in [2.24, 2.45) is 0 Å². The third-order valence-corrected chi connectivity index (χ3v) is 5.07. The number of carboxylic acid groups (broad SMARTS) is 1. The number of carbonyl (C=O) groups excluding carboxylic acids is 1. The molecule has 1 unspecified atom stereocenters. The van der Waals surface area contributed by atoms with E-state index in [2.05, 4.69) is 13.8 Å². The Hall–Kier alpha value is -2.82. The normalized spacial score (nSPS) is 11.7. The minimum absolute atomic E-state index is 0.0634. The van der Waals surface area contributed by atoms with Gasteiger partial charge >= 0.3 is 11.9 Å². The van der Waals surface area contributed by atoms with Crippen molar-refractivity contribution in [2.75, 3.05) is 6.61 Å². The van der Waals surface area contributed by atoms with Gasteiger partial charge in [0, 0.05) is 0 Å². The molecule has 0 fully saturated rings. The fraction of sp³-hybridized carbons (Fsp3) is 0.440. The summed E-state index contributed by atoms with van der Waals surface area (Å²) >= 11 is 0. The summed E-state index contributed by atoms with van der Waals surface area (Å²) in [5.74, 6) is -0.324. The minimum Gasteiger partial charge on any atom is -0.494 e. The highest BCUT2D eigenvalue weighted by atomic mass is 16.5. The molecule has 1 N–H and O–H groups in total. The summed E-state index contributed by atoms with van der Waals surface area (Å²) in [6.45, 7) is 6.88. The Morgan fingerprint density at radius 1 is 0.933 bits per heavy atom. The first-order valence-electron chi connectivity index (χ1n) is 10.8. The molecular formula is C25H32O5. The molecule has 1 atom stereocenters. The van der Waals surface area contributed by atoms with Crippen molar-refractivity contribution in [3.05, 3.63) is 59.2 Å². The molecule has 162 valence electrons. The summed E-state index contributed by atoms with van der Waals surface area (Å²) < 4.78 is 11.2. The van der Waals surface area contributed by atoms with Gasteiger partial charge in [-0.05, 0) is 66.8 Å². The van der Waals surface area contributed by atoms with Crippen LogP contribution in [0.2, 0.25) is 0 Å². The fourth-order valence-electron chi connectivity index (χ4n) is 3.37. The van der Waals surface area contributed by atoms with Gasteiger partial charge in [0.1, 0.15) is 11.5 Å². The molecule has 30 heavy (non-hydrogen) atoms. The van der Waals surface area contributed by atoms with E-state index in [4.69, 9.17) is 9.47 Å². The molecule has 0 aliphatic heterocycles. The maximum atomic E-state index is 12.5. The van der Waals surface area contributed by atoms with Gasteiger partial charge in [-0.3, -0.25) is 0 Å². The van der Waals surface area contributed by atoms with Crippen LogP contribution in [0.15, 0.2) is 42.5 Å². The number of unbranched alkanes of at least 4 members (excludes halogenated alkanes) is 3. The molecule has 0 amide bonds. The summed E-state index contributed by atoms with van der Waals surface area (Å²) in [5, 5.41) is 9.44. The lowest BCUT2D eigenvalue weighted by molar-refractivity contribution is 0.0694. The van der Waals surface area contributed by atoms with Crippen LogP contribution < -0.4 is 9.47 Å². The number of ether oxygens (including phenoxy) is 2. The summed E-state index contributed by atoms with van der Waals surface area (Å²) in [4.78, 5) is 24.0. The smallest absolute Gasteiger partial charge is 0.343 e. The van der Waals surface area contributed by atoms with Crippen LogP contribution in [-0.2, 0) is 0 Å². The van der Waals surface area contributed by atoms with E-state index in [0.29, 0.717) is 23.5 Å². The second kappa shape index (κ2) is 12.0. The average molecular weight is 413 g/mol. The van der Waals surface area contributed by atoms with Gasteiger partial charge in [-0.1, -0.05) is 46.5 Å². The maximum Gasteiger partial charge on any atom is 0.343 e. The van der Waals surface area contributed by atoms with Crippen LogP contribution in [0.25, 0.3) is 0 Å². The highest BCUT2D eigenvalue weighted by molar-refractivity contribution is 5.92. The third kappa shape index (κ3) is 6.90. The van der Waals surface area contributed by atoms with E-state index >= 15 is 0 Å². The zero-order valence-corrected chi connectivity index (χ0v) is 18.1. The first-order chi connectivity index (χ1) is 14.5. The maximum absolute atomic E-state index is 12.5. The van der Waals surface area contributed by atoms with Crippen molar-refractivity contribution >= 4 is 11.9 Å². The number of carbonyl (C=O) groups is 2. The van der Waals surface area contributed by atoms with Gasteiger partial charge in [0.2, 0.25) is 0 Å². The molecule has 0 spiro atoms. The summed E-state index contributed by atoms with van der Waals surface area (Å²) in [7, 11) is 0. The van der Waals surface area contributed by atoms with Crippen molar-refractivity contribution < 1.29 is 24.2 Å². The number of aromatic carboxylic acids is 1. The zero-order chi connectivity index (χ0) is 21.9. The number of benzene rings is 2. The predicted molar refractivity (Wildman–Crippen MR) is 118 cm³/mol. The van der Waals surface area contributed by atoms with Gasteiger partial charge in [0.05, 0.1) is 17.7 Å². The van der Waals surface area contributed by atoms with Crippen LogP contribution in [-0.4, -0.2) is 23.7 Å².